The molecule has 0 saturated heterocycles. The Labute approximate surface area is 123 Å². The van der Waals surface area contributed by atoms with Gasteiger partial charge < -0.3 is 10.1 Å². The van der Waals surface area contributed by atoms with E-state index in [4.69, 9.17) is 4.74 Å². The third-order valence-electron chi connectivity index (χ3n) is 3.84. The Morgan fingerprint density at radius 1 is 1.30 bits per heavy atom. The van der Waals surface area contributed by atoms with Crippen LogP contribution in [0.5, 0.6) is 5.75 Å². The highest BCUT2D eigenvalue weighted by Crippen LogP contribution is 2.27. The second-order valence-electron chi connectivity index (χ2n) is 7.00. The maximum absolute atomic E-state index is 6.09. The number of aromatic nitrogens is 1. The maximum atomic E-state index is 6.09. The van der Waals surface area contributed by atoms with Gasteiger partial charge in [-0.25, -0.2) is 0 Å². The van der Waals surface area contributed by atoms with E-state index >= 15 is 0 Å². The number of nitrogens with one attached hydrogen (secondary N) is 1. The van der Waals surface area contributed by atoms with Gasteiger partial charge in [0.1, 0.15) is 5.75 Å². The van der Waals surface area contributed by atoms with Crippen LogP contribution in [0.1, 0.15) is 57.7 Å². The van der Waals surface area contributed by atoms with E-state index in [1.54, 1.807) is 0 Å². The van der Waals surface area contributed by atoms with Crippen LogP contribution in [-0.4, -0.2) is 17.1 Å². The van der Waals surface area contributed by atoms with E-state index in [9.17, 15) is 0 Å². The molecule has 112 valence electrons. The zero-order valence-electron chi connectivity index (χ0n) is 13.3. The molecule has 1 N–H and O–H groups in total. The number of nitrogens with zero attached hydrogens (tertiary/aromatic N) is 1. The average molecular weight is 276 g/mol. The highest BCUT2D eigenvalue weighted by molar-refractivity contribution is 5.33. The first kappa shape index (κ1) is 15.3. The van der Waals surface area contributed by atoms with E-state index in [-0.39, 0.29) is 5.54 Å². The minimum atomic E-state index is 0.105. The Hall–Kier alpha value is -1.09. The number of hydrogen-bond acceptors (Lipinski definition) is 3. The number of ether oxygens (including phenoxy) is 1. The molecule has 0 aliphatic heterocycles. The molecule has 1 aliphatic carbocycles. The monoisotopic (exact) mass is 276 g/mol. The third kappa shape index (κ3) is 4.78. The van der Waals surface area contributed by atoms with E-state index in [1.807, 2.05) is 13.1 Å². The maximum Gasteiger partial charge on any atom is 0.127 e. The molecule has 1 heterocycles. The van der Waals surface area contributed by atoms with Crippen LogP contribution in [0, 0.1) is 12.8 Å². The van der Waals surface area contributed by atoms with Crippen molar-refractivity contribution in [3.8, 4) is 5.75 Å². The Bertz CT molecular complexity index is 431. The van der Waals surface area contributed by atoms with Crippen molar-refractivity contribution in [3.63, 3.8) is 0 Å². The molecule has 1 fully saturated rings. The summed E-state index contributed by atoms with van der Waals surface area (Å²) < 4.78 is 6.09. The van der Waals surface area contributed by atoms with Crippen molar-refractivity contribution >= 4 is 0 Å². The first-order valence-corrected chi connectivity index (χ1v) is 7.77. The second-order valence-corrected chi connectivity index (χ2v) is 7.00. The molecule has 0 amide bonds. The number of rotatable bonds is 5. The van der Waals surface area contributed by atoms with Crippen molar-refractivity contribution in [2.75, 3.05) is 6.61 Å². The van der Waals surface area contributed by atoms with Crippen molar-refractivity contribution in [2.45, 2.75) is 65.5 Å². The molecular weight excluding hydrogens is 248 g/mol. The van der Waals surface area contributed by atoms with Gasteiger partial charge >= 0.3 is 0 Å². The smallest absolute Gasteiger partial charge is 0.127 e. The van der Waals surface area contributed by atoms with Gasteiger partial charge in [-0.15, -0.1) is 0 Å². The van der Waals surface area contributed by atoms with Gasteiger partial charge in [0.05, 0.1) is 6.61 Å². The summed E-state index contributed by atoms with van der Waals surface area (Å²) in [5.41, 5.74) is 2.28. The van der Waals surface area contributed by atoms with Crippen molar-refractivity contribution in [1.29, 1.82) is 0 Å². The Balaban J connectivity index is 1.99. The van der Waals surface area contributed by atoms with Gasteiger partial charge in [-0.05, 0) is 46.5 Å². The molecule has 2 rings (SSSR count). The topological polar surface area (TPSA) is 34.1 Å². The van der Waals surface area contributed by atoms with Gasteiger partial charge in [-0.1, -0.05) is 12.8 Å². The van der Waals surface area contributed by atoms with Crippen molar-refractivity contribution in [1.82, 2.24) is 10.3 Å². The normalized spacial score (nSPS) is 16.6. The fraction of sp³-hybridized carbons (Fsp3) is 0.706. The fourth-order valence-electron chi connectivity index (χ4n) is 2.58. The number of aryl methyl sites for hydroxylation is 1. The van der Waals surface area contributed by atoms with Gasteiger partial charge in [0.15, 0.2) is 0 Å². The van der Waals surface area contributed by atoms with Crippen LogP contribution in [-0.2, 0) is 6.54 Å². The third-order valence-corrected chi connectivity index (χ3v) is 3.84. The summed E-state index contributed by atoms with van der Waals surface area (Å²) in [5, 5.41) is 3.51. The summed E-state index contributed by atoms with van der Waals surface area (Å²) in [6.45, 7) is 10.2. The lowest BCUT2D eigenvalue weighted by molar-refractivity contribution is 0.248. The zero-order chi connectivity index (χ0) is 14.6. The second kappa shape index (κ2) is 6.57. The van der Waals surface area contributed by atoms with Gasteiger partial charge in [0.25, 0.3) is 0 Å². The Morgan fingerprint density at radius 3 is 2.65 bits per heavy atom. The lowest BCUT2D eigenvalue weighted by Crippen LogP contribution is -2.35. The lowest BCUT2D eigenvalue weighted by Gasteiger charge is -2.22. The predicted molar refractivity (Wildman–Crippen MR) is 83.0 cm³/mol. The highest BCUT2D eigenvalue weighted by Gasteiger charge is 2.17. The molecule has 0 unspecified atom stereocenters. The average Bonchev–Trinajstić information content (AvgIpc) is 2.87. The van der Waals surface area contributed by atoms with Crippen LogP contribution in [0.2, 0.25) is 0 Å². The molecule has 1 aromatic rings. The minimum Gasteiger partial charge on any atom is -0.493 e. The van der Waals surface area contributed by atoms with Crippen molar-refractivity contribution in [3.05, 3.63) is 23.5 Å². The van der Waals surface area contributed by atoms with Gasteiger partial charge in [0.2, 0.25) is 0 Å². The van der Waals surface area contributed by atoms with E-state index in [2.05, 4.69) is 37.1 Å². The number of hydrogen-bond donors (Lipinski definition) is 1. The van der Waals surface area contributed by atoms with E-state index in [0.29, 0.717) is 0 Å². The fourth-order valence-corrected chi connectivity index (χ4v) is 2.58. The number of pyridine rings is 1. The van der Waals surface area contributed by atoms with Gasteiger partial charge in [0, 0.05) is 35.6 Å². The summed E-state index contributed by atoms with van der Waals surface area (Å²) >= 11 is 0. The largest absolute Gasteiger partial charge is 0.493 e. The van der Waals surface area contributed by atoms with Crippen LogP contribution in [0.4, 0.5) is 0 Å². The van der Waals surface area contributed by atoms with Crippen LogP contribution in [0.15, 0.2) is 12.3 Å². The van der Waals surface area contributed by atoms with Gasteiger partial charge in [-0.2, -0.15) is 0 Å². The van der Waals surface area contributed by atoms with Crippen LogP contribution in [0.25, 0.3) is 0 Å². The molecule has 0 aromatic carbocycles. The Morgan fingerprint density at radius 2 is 2.00 bits per heavy atom. The first-order chi connectivity index (χ1) is 9.44. The predicted octanol–water partition coefficient (Wildman–Crippen LogP) is 3.85. The molecule has 0 bridgehead atoms. The van der Waals surface area contributed by atoms with E-state index in [1.165, 1.54) is 25.7 Å². The molecular formula is C17H28N2O. The van der Waals surface area contributed by atoms with Gasteiger partial charge in [-0.3, -0.25) is 4.98 Å². The van der Waals surface area contributed by atoms with Crippen LogP contribution in [0.3, 0.4) is 0 Å². The molecule has 1 aliphatic rings. The summed E-state index contributed by atoms with van der Waals surface area (Å²) in [6.07, 6.45) is 7.31. The Kier molecular flexibility index (Phi) is 5.03. The summed E-state index contributed by atoms with van der Waals surface area (Å²) in [5.74, 6) is 1.74. The standard InChI is InChI=1S/C17H28N2O/c1-13-9-16(20-12-14-7-5-6-8-14)15(10-18-13)11-19-17(2,3)4/h9-10,14,19H,5-8,11-12H2,1-4H3. The molecule has 0 atom stereocenters. The van der Waals surface area contributed by atoms with Crippen LogP contribution < -0.4 is 10.1 Å². The molecule has 20 heavy (non-hydrogen) atoms. The van der Waals surface area contributed by atoms with Crippen molar-refractivity contribution < 1.29 is 4.74 Å². The molecule has 1 aromatic heterocycles. The molecule has 1 saturated carbocycles. The van der Waals surface area contributed by atoms with E-state index < -0.39 is 0 Å². The first-order valence-electron chi connectivity index (χ1n) is 7.77. The van der Waals surface area contributed by atoms with Crippen LogP contribution >= 0.6 is 0 Å². The summed E-state index contributed by atoms with van der Waals surface area (Å²) in [4.78, 5) is 4.40. The molecule has 3 nitrogen and oxygen atoms in total. The minimum absolute atomic E-state index is 0.105. The van der Waals surface area contributed by atoms with Crippen molar-refractivity contribution in [2.24, 2.45) is 5.92 Å². The molecule has 0 radical (unpaired) electrons. The SMILES string of the molecule is Cc1cc(OCC2CCCC2)c(CNC(C)(C)C)cn1. The van der Waals surface area contributed by atoms with E-state index in [0.717, 1.165) is 36.1 Å². The summed E-state index contributed by atoms with van der Waals surface area (Å²) in [6, 6.07) is 2.06. The zero-order valence-corrected chi connectivity index (χ0v) is 13.3. The lowest BCUT2D eigenvalue weighted by atomic mass is 10.1. The molecule has 0 spiro atoms. The quantitative estimate of drug-likeness (QED) is 0.887. The summed E-state index contributed by atoms with van der Waals surface area (Å²) in [7, 11) is 0. The highest BCUT2D eigenvalue weighted by atomic mass is 16.5. The molecule has 3 heteroatoms.